The van der Waals surface area contributed by atoms with Gasteiger partial charge in [0, 0.05) is 109 Å². The van der Waals surface area contributed by atoms with Gasteiger partial charge in [0.15, 0.2) is 5.82 Å². The highest BCUT2D eigenvalue weighted by atomic mass is 15.2. The molecule has 0 aliphatic heterocycles. The molecule has 0 unspecified atom stereocenters. The number of rotatable bonds is 9. The van der Waals surface area contributed by atoms with Crippen molar-refractivity contribution in [1.82, 2.24) is 38.2 Å². The molecule has 600 valence electrons. The van der Waals surface area contributed by atoms with Crippen LogP contribution in [0.3, 0.4) is 0 Å². The quantitative estimate of drug-likeness (QED) is 0.135. The fraction of sp³-hybridized carbons (Fsp3) is 0.0500. The lowest BCUT2D eigenvalue weighted by Crippen LogP contribution is -2.15. The van der Waals surface area contributed by atoms with E-state index in [0.29, 0.717) is 11.8 Å². The number of aromatic nitrogens is 8. The molecule has 0 radical (unpaired) electrons. The van der Waals surface area contributed by atoms with Crippen LogP contribution in [0, 0.1) is 0 Å². The van der Waals surface area contributed by atoms with Crippen molar-refractivity contribution in [3.8, 4) is 101 Å². The Morgan fingerprint density at radius 1 is 0.195 bits per heavy atom. The van der Waals surface area contributed by atoms with Gasteiger partial charge in [0.05, 0.1) is 66.6 Å². The summed E-state index contributed by atoms with van der Waals surface area (Å²) in [7, 11) is 0. The number of benzene rings is 19. The Balaban J connectivity index is 0.000000136. The minimum absolute atomic E-state index is 0.0796. The van der Waals surface area contributed by atoms with Crippen LogP contribution in [0.5, 0.6) is 0 Å². The predicted octanol–water partition coefficient (Wildman–Crippen LogP) is 30.9. The van der Waals surface area contributed by atoms with E-state index >= 15 is 0 Å². The first kappa shape index (κ1) is 73.1. The van der Waals surface area contributed by atoms with Crippen LogP contribution in [0.15, 0.2) is 413 Å². The average Bonchev–Trinajstić information content (AvgIpc) is 1.56. The molecule has 0 spiro atoms. The summed E-state index contributed by atoms with van der Waals surface area (Å²) in [4.78, 5) is 21.9. The second-order valence-electron chi connectivity index (χ2n) is 35.5. The fourth-order valence-electron chi connectivity index (χ4n) is 21.9. The molecular formula is C120H80N8. The molecule has 0 N–H and O–H groups in total. The van der Waals surface area contributed by atoms with Crippen LogP contribution in [0.4, 0.5) is 0 Å². The van der Waals surface area contributed by atoms with Crippen LogP contribution in [0.1, 0.15) is 49.9 Å². The summed E-state index contributed by atoms with van der Waals surface area (Å²) in [5, 5.41) is 16.4. The summed E-state index contributed by atoms with van der Waals surface area (Å²) in [6.45, 7) is 9.34. The molecular weight excluding hydrogens is 1550 g/mol. The molecule has 19 aromatic carbocycles. The molecule has 0 atom stereocenters. The van der Waals surface area contributed by atoms with Gasteiger partial charge >= 0.3 is 0 Å². The van der Waals surface area contributed by atoms with E-state index in [-0.39, 0.29) is 10.8 Å². The number of fused-ring (bicyclic) bond motifs is 24. The molecule has 2 aliphatic carbocycles. The van der Waals surface area contributed by atoms with Crippen molar-refractivity contribution >= 4 is 131 Å². The Bertz CT molecular complexity index is 9010. The van der Waals surface area contributed by atoms with Gasteiger partial charge in [0.25, 0.3) is 0 Å². The molecule has 0 fully saturated rings. The van der Waals surface area contributed by atoms with Crippen LogP contribution in [-0.2, 0) is 10.8 Å². The van der Waals surface area contributed by atoms with Gasteiger partial charge in [-0.1, -0.05) is 307 Å². The van der Waals surface area contributed by atoms with Gasteiger partial charge in [0.2, 0.25) is 5.95 Å². The first-order valence-electron chi connectivity index (χ1n) is 44.2. The van der Waals surface area contributed by atoms with Gasteiger partial charge in [0.1, 0.15) is 0 Å². The summed E-state index contributed by atoms with van der Waals surface area (Å²) in [5.74, 6) is 1.37. The summed E-state index contributed by atoms with van der Waals surface area (Å²) in [6.07, 6.45) is 0. The maximum absolute atomic E-state index is 5.60. The van der Waals surface area contributed by atoms with Gasteiger partial charge in [-0.05, 0) is 211 Å². The van der Waals surface area contributed by atoms with Gasteiger partial charge in [-0.15, -0.1) is 0 Å². The molecule has 128 heavy (non-hydrogen) atoms. The predicted molar refractivity (Wildman–Crippen MR) is 534 cm³/mol. The van der Waals surface area contributed by atoms with E-state index in [0.717, 1.165) is 111 Å². The zero-order valence-electron chi connectivity index (χ0n) is 70.8. The van der Waals surface area contributed by atoms with Crippen LogP contribution in [0.25, 0.3) is 232 Å². The Morgan fingerprint density at radius 3 is 1.14 bits per heavy atom. The summed E-state index contributed by atoms with van der Waals surface area (Å²) in [5.41, 5.74) is 34.7. The molecule has 25 aromatic rings. The first-order valence-corrected chi connectivity index (χ1v) is 44.2. The van der Waals surface area contributed by atoms with E-state index in [1.807, 2.05) is 0 Å². The maximum atomic E-state index is 5.60. The van der Waals surface area contributed by atoms with E-state index in [9.17, 15) is 0 Å². The van der Waals surface area contributed by atoms with Crippen molar-refractivity contribution in [2.45, 2.75) is 38.5 Å². The summed E-state index contributed by atoms with van der Waals surface area (Å²) >= 11 is 0. The Kier molecular flexibility index (Phi) is 16.0. The molecule has 0 saturated heterocycles. The third-order valence-electron chi connectivity index (χ3n) is 27.9. The number of hydrogen-bond acceptors (Lipinski definition) is 4. The summed E-state index contributed by atoms with van der Waals surface area (Å²) < 4.78 is 9.44. The summed E-state index contributed by atoms with van der Waals surface area (Å²) in [6, 6.07) is 150. The lowest BCUT2D eigenvalue weighted by molar-refractivity contribution is 0.660. The number of hydrogen-bond donors (Lipinski definition) is 0. The average molecular weight is 1630 g/mol. The van der Waals surface area contributed by atoms with E-state index in [1.54, 1.807) is 0 Å². The fourth-order valence-corrected chi connectivity index (χ4v) is 21.9. The smallest absolute Gasteiger partial charge is 0.235 e. The monoisotopic (exact) mass is 1630 g/mol. The second kappa shape index (κ2) is 28.0. The highest BCUT2D eigenvalue weighted by Crippen LogP contribution is 2.53. The van der Waals surface area contributed by atoms with Crippen molar-refractivity contribution in [3.05, 3.63) is 435 Å². The number of para-hydroxylation sites is 6. The van der Waals surface area contributed by atoms with E-state index < -0.39 is 0 Å². The molecule has 0 amide bonds. The van der Waals surface area contributed by atoms with Crippen LogP contribution in [0.2, 0.25) is 0 Å². The van der Waals surface area contributed by atoms with Crippen molar-refractivity contribution in [2.24, 2.45) is 0 Å². The molecule has 0 bridgehead atoms. The zero-order valence-corrected chi connectivity index (χ0v) is 70.8. The largest absolute Gasteiger partial charge is 0.309 e. The van der Waals surface area contributed by atoms with Gasteiger partial charge < -0.3 is 13.7 Å². The Hall–Kier alpha value is -16.4. The van der Waals surface area contributed by atoms with Crippen LogP contribution >= 0.6 is 0 Å². The van der Waals surface area contributed by atoms with Crippen molar-refractivity contribution < 1.29 is 0 Å². The highest BCUT2D eigenvalue weighted by molar-refractivity contribution is 6.21. The normalized spacial score (nSPS) is 13.1. The lowest BCUT2D eigenvalue weighted by Gasteiger charge is -2.22. The second-order valence-corrected chi connectivity index (χ2v) is 35.5. The van der Waals surface area contributed by atoms with Gasteiger partial charge in [-0.2, -0.15) is 0 Å². The van der Waals surface area contributed by atoms with E-state index in [1.165, 1.54) is 132 Å². The van der Waals surface area contributed by atoms with Crippen LogP contribution < -0.4 is 0 Å². The molecule has 27 rings (SSSR count). The minimum atomic E-state index is -0.123. The highest BCUT2D eigenvalue weighted by Gasteiger charge is 2.38. The minimum Gasteiger partial charge on any atom is -0.309 e. The molecule has 8 nitrogen and oxygen atoms in total. The zero-order chi connectivity index (χ0) is 84.8. The van der Waals surface area contributed by atoms with E-state index in [2.05, 4.69) is 458 Å². The number of nitrogens with zero attached hydrogens (tertiary/aromatic N) is 8. The van der Waals surface area contributed by atoms with Crippen molar-refractivity contribution in [3.63, 3.8) is 0 Å². The van der Waals surface area contributed by atoms with Crippen LogP contribution in [-0.4, -0.2) is 38.2 Å². The van der Waals surface area contributed by atoms with E-state index in [4.69, 9.17) is 19.9 Å². The molecule has 0 saturated carbocycles. The Morgan fingerprint density at radius 2 is 0.570 bits per heavy atom. The van der Waals surface area contributed by atoms with Crippen molar-refractivity contribution in [2.75, 3.05) is 0 Å². The first-order chi connectivity index (χ1) is 63.0. The third kappa shape index (κ3) is 10.9. The molecule has 6 heterocycles. The molecule has 8 heteroatoms. The molecule has 6 aromatic heterocycles. The standard InChI is InChI=1S/C63H42N4.C57H38N4/c1-63(2)53-23-11-8-19-47(53)48-34-30-42(38-54(48)63)60-51-35-29-39-15-6-7-18-46(39)61(51)65-62(64-60)40-27-32-44(33-28-40)67-56-25-13-10-21-50(56)59-45(22-14-26-58(59)67)41-31-36-57-52(37-41)49-20-9-12-24-55(49)66(57)43-16-4-3-5-17-43;1-57(2)47-23-11-8-19-41(47)45-34-37(28-31-48(45)57)54-44-30-27-35-15-6-7-18-40(35)55(44)59-56(58-54)61-50-25-13-10-21-43(50)53-39(22-14-26-52(53)61)36-29-32-51-46(33-36)42-20-9-12-24-49(42)60(51)38-16-4-3-5-17-38/h3-38H,1-2H3;3-34H,1-2H3. The molecule has 2 aliphatic rings. The topological polar surface area (TPSA) is 71.3 Å². The van der Waals surface area contributed by atoms with Gasteiger partial charge in [-0.25, -0.2) is 19.9 Å². The Labute approximate surface area is 738 Å². The lowest BCUT2D eigenvalue weighted by atomic mass is 9.81. The maximum Gasteiger partial charge on any atom is 0.235 e. The van der Waals surface area contributed by atoms with Gasteiger partial charge in [-0.3, -0.25) is 4.57 Å². The third-order valence-corrected chi connectivity index (χ3v) is 27.9. The SMILES string of the molecule is CC1(C)c2ccccc2-c2cc(-c3nc(-n4c5ccccc5c5c(-c6ccc7c(c6)c6ccccc6n7-c6ccccc6)cccc54)nc4c3ccc3ccccc34)ccc21.CC1(C)c2ccccc2-c2ccc(-c3nc(-c4ccc(-n5c6ccccc6c6c(-c7ccc8c(c7)c7ccccc7n8-c7ccccc7)cccc65)cc4)nc4c3ccc3ccccc34)cc21. The van der Waals surface area contributed by atoms with Crippen molar-refractivity contribution in [1.29, 1.82) is 0 Å².